The van der Waals surface area contributed by atoms with Crippen molar-refractivity contribution in [2.75, 3.05) is 5.43 Å². The van der Waals surface area contributed by atoms with Crippen molar-refractivity contribution in [2.24, 2.45) is 5.84 Å². The van der Waals surface area contributed by atoms with Gasteiger partial charge in [0.25, 0.3) is 5.56 Å². The summed E-state index contributed by atoms with van der Waals surface area (Å²) in [6, 6.07) is 11.4. The fourth-order valence-corrected chi connectivity index (χ4v) is 2.78. The maximum Gasteiger partial charge on any atom is 0.258 e. The molecular formula is C14H13N3OS. The molecule has 4 nitrogen and oxygen atoms in total. The van der Waals surface area contributed by atoms with Crippen molar-refractivity contribution in [3.63, 3.8) is 0 Å². The van der Waals surface area contributed by atoms with Gasteiger partial charge in [-0.15, -0.1) is 11.3 Å². The molecule has 0 aliphatic carbocycles. The van der Waals surface area contributed by atoms with E-state index in [1.807, 2.05) is 35.8 Å². The Kier molecular flexibility index (Phi) is 3.06. The average molecular weight is 271 g/mol. The summed E-state index contributed by atoms with van der Waals surface area (Å²) in [5.74, 6) is 5.37. The van der Waals surface area contributed by atoms with E-state index in [-0.39, 0.29) is 5.56 Å². The number of anilines is 1. The molecule has 0 amide bonds. The molecule has 2 heterocycles. The summed E-state index contributed by atoms with van der Waals surface area (Å²) in [5, 5.41) is 3.61. The second-order valence-electron chi connectivity index (χ2n) is 4.27. The first kappa shape index (κ1) is 12.0. The van der Waals surface area contributed by atoms with Gasteiger partial charge in [0.05, 0.1) is 6.54 Å². The fraction of sp³-hybridized carbons (Fsp3) is 0.0714. The Bertz CT molecular complexity index is 762. The summed E-state index contributed by atoms with van der Waals surface area (Å²) in [5.41, 5.74) is 3.40. The molecule has 19 heavy (non-hydrogen) atoms. The first-order valence-electron chi connectivity index (χ1n) is 5.90. The van der Waals surface area contributed by atoms with Crippen LogP contribution in [0, 0.1) is 0 Å². The second-order valence-corrected chi connectivity index (χ2v) is 5.31. The molecule has 3 N–H and O–H groups in total. The van der Waals surface area contributed by atoms with Crippen LogP contribution in [0.25, 0.3) is 10.8 Å². The molecule has 0 spiro atoms. The number of benzene rings is 1. The summed E-state index contributed by atoms with van der Waals surface area (Å²) >= 11 is 1.65. The molecule has 0 unspecified atom stereocenters. The van der Waals surface area contributed by atoms with Gasteiger partial charge in [0.1, 0.15) is 0 Å². The number of nitrogens with two attached hydrogens (primary N) is 1. The fourth-order valence-electron chi connectivity index (χ4n) is 2.07. The zero-order chi connectivity index (χ0) is 13.2. The molecule has 0 saturated heterocycles. The molecule has 0 saturated carbocycles. The first-order chi connectivity index (χ1) is 9.28. The van der Waals surface area contributed by atoms with Crippen LogP contribution in [0.3, 0.4) is 0 Å². The van der Waals surface area contributed by atoms with Crippen molar-refractivity contribution >= 4 is 27.8 Å². The molecule has 0 fully saturated rings. The number of hydrazine groups is 1. The van der Waals surface area contributed by atoms with Gasteiger partial charge in [0, 0.05) is 22.1 Å². The lowest BCUT2D eigenvalue weighted by Crippen LogP contribution is -2.19. The summed E-state index contributed by atoms with van der Waals surface area (Å²) < 4.78 is 1.73. The van der Waals surface area contributed by atoms with E-state index in [9.17, 15) is 4.79 Å². The number of hydrogen-bond acceptors (Lipinski definition) is 4. The van der Waals surface area contributed by atoms with Crippen LogP contribution in [0.5, 0.6) is 0 Å². The third-order valence-electron chi connectivity index (χ3n) is 3.05. The van der Waals surface area contributed by atoms with Crippen LogP contribution in [0.1, 0.15) is 4.88 Å². The van der Waals surface area contributed by atoms with Crippen molar-refractivity contribution in [1.82, 2.24) is 4.57 Å². The van der Waals surface area contributed by atoms with E-state index in [1.54, 1.807) is 28.0 Å². The van der Waals surface area contributed by atoms with E-state index in [0.717, 1.165) is 11.1 Å². The van der Waals surface area contributed by atoms with Crippen molar-refractivity contribution in [2.45, 2.75) is 6.54 Å². The number of thiophene rings is 1. The number of fused-ring (bicyclic) bond motifs is 1. The minimum atomic E-state index is 0.0227. The molecule has 0 atom stereocenters. The number of pyridine rings is 1. The third kappa shape index (κ3) is 2.25. The van der Waals surface area contributed by atoms with Gasteiger partial charge in [-0.05, 0) is 41.1 Å². The van der Waals surface area contributed by atoms with Gasteiger partial charge in [0.15, 0.2) is 0 Å². The monoisotopic (exact) mass is 271 g/mol. The average Bonchev–Trinajstić information content (AvgIpc) is 2.94. The largest absolute Gasteiger partial charge is 0.324 e. The molecule has 0 radical (unpaired) electrons. The highest BCUT2D eigenvalue weighted by molar-refractivity contribution is 7.09. The van der Waals surface area contributed by atoms with E-state index in [0.29, 0.717) is 11.9 Å². The molecule has 96 valence electrons. The SMILES string of the molecule is NNc1ccc2c(=O)n(Cc3cccs3)ccc2c1. The van der Waals surface area contributed by atoms with E-state index < -0.39 is 0 Å². The molecule has 5 heteroatoms. The van der Waals surface area contributed by atoms with Crippen LogP contribution in [0.4, 0.5) is 5.69 Å². The molecule has 0 aliphatic heterocycles. The van der Waals surface area contributed by atoms with Gasteiger partial charge in [-0.25, -0.2) is 0 Å². The Morgan fingerprint density at radius 2 is 2.16 bits per heavy atom. The van der Waals surface area contributed by atoms with Gasteiger partial charge >= 0.3 is 0 Å². The topological polar surface area (TPSA) is 60.0 Å². The van der Waals surface area contributed by atoms with Gasteiger partial charge < -0.3 is 9.99 Å². The Labute approximate surface area is 114 Å². The maximum absolute atomic E-state index is 12.4. The number of nitrogens with one attached hydrogen (secondary N) is 1. The number of rotatable bonds is 3. The van der Waals surface area contributed by atoms with Crippen molar-refractivity contribution in [3.05, 3.63) is 63.2 Å². The summed E-state index contributed by atoms with van der Waals surface area (Å²) in [6.07, 6.45) is 1.82. The van der Waals surface area contributed by atoms with Crippen molar-refractivity contribution in [3.8, 4) is 0 Å². The van der Waals surface area contributed by atoms with Crippen LogP contribution in [0.15, 0.2) is 52.8 Å². The van der Waals surface area contributed by atoms with Gasteiger partial charge in [-0.2, -0.15) is 0 Å². The van der Waals surface area contributed by atoms with E-state index in [1.165, 1.54) is 4.88 Å². The van der Waals surface area contributed by atoms with Gasteiger partial charge in [0.2, 0.25) is 0 Å². The lowest BCUT2D eigenvalue weighted by molar-refractivity contribution is 0.779. The molecule has 3 aromatic rings. The highest BCUT2D eigenvalue weighted by atomic mass is 32.1. The molecule has 2 aromatic heterocycles. The predicted molar refractivity (Wildman–Crippen MR) is 79.4 cm³/mol. The Hall–Kier alpha value is -2.11. The Morgan fingerprint density at radius 1 is 1.26 bits per heavy atom. The number of hydrogen-bond donors (Lipinski definition) is 2. The molecule has 3 rings (SSSR count). The zero-order valence-electron chi connectivity index (χ0n) is 10.2. The Balaban J connectivity index is 2.08. The molecule has 0 bridgehead atoms. The minimum Gasteiger partial charge on any atom is -0.324 e. The third-order valence-corrected chi connectivity index (χ3v) is 3.91. The van der Waals surface area contributed by atoms with Crippen molar-refractivity contribution < 1.29 is 0 Å². The quantitative estimate of drug-likeness (QED) is 0.568. The summed E-state index contributed by atoms with van der Waals surface area (Å²) in [4.78, 5) is 13.5. The normalized spacial score (nSPS) is 10.8. The zero-order valence-corrected chi connectivity index (χ0v) is 11.0. The lowest BCUT2D eigenvalue weighted by atomic mass is 10.1. The summed E-state index contributed by atoms with van der Waals surface area (Å²) in [7, 11) is 0. The minimum absolute atomic E-state index is 0.0227. The van der Waals surface area contributed by atoms with Crippen LogP contribution in [-0.4, -0.2) is 4.57 Å². The van der Waals surface area contributed by atoms with Gasteiger partial charge in [-0.1, -0.05) is 6.07 Å². The number of nitrogens with zero attached hydrogens (tertiary/aromatic N) is 1. The molecule has 0 aliphatic rings. The van der Waals surface area contributed by atoms with E-state index in [2.05, 4.69) is 5.43 Å². The van der Waals surface area contributed by atoms with E-state index in [4.69, 9.17) is 5.84 Å². The maximum atomic E-state index is 12.4. The van der Waals surface area contributed by atoms with Crippen molar-refractivity contribution in [1.29, 1.82) is 0 Å². The first-order valence-corrected chi connectivity index (χ1v) is 6.78. The standard InChI is InChI=1S/C14H13N3OS/c15-16-11-3-4-13-10(8-11)5-6-17(14(13)18)9-12-2-1-7-19-12/h1-8,16H,9,15H2. The van der Waals surface area contributed by atoms with Gasteiger partial charge in [-0.3, -0.25) is 10.6 Å². The van der Waals surface area contributed by atoms with Crippen LogP contribution < -0.4 is 16.8 Å². The second kappa shape index (κ2) is 4.87. The van der Waals surface area contributed by atoms with Crippen LogP contribution in [0.2, 0.25) is 0 Å². The number of aromatic nitrogens is 1. The predicted octanol–water partition coefficient (Wildman–Crippen LogP) is 2.40. The van der Waals surface area contributed by atoms with Crippen LogP contribution in [-0.2, 0) is 6.54 Å². The summed E-state index contributed by atoms with van der Waals surface area (Å²) in [6.45, 7) is 0.614. The highest BCUT2D eigenvalue weighted by Crippen LogP contribution is 2.16. The molecular weight excluding hydrogens is 258 g/mol. The molecule has 1 aromatic carbocycles. The number of nitrogen functional groups attached to an aromatic ring is 1. The highest BCUT2D eigenvalue weighted by Gasteiger charge is 2.04. The smallest absolute Gasteiger partial charge is 0.258 e. The van der Waals surface area contributed by atoms with Crippen LogP contribution >= 0.6 is 11.3 Å². The van der Waals surface area contributed by atoms with E-state index >= 15 is 0 Å². The Morgan fingerprint density at radius 3 is 2.89 bits per heavy atom. The lowest BCUT2D eigenvalue weighted by Gasteiger charge is -2.07.